The summed E-state index contributed by atoms with van der Waals surface area (Å²) in [4.78, 5) is 4.44. The van der Waals surface area contributed by atoms with Crippen LogP contribution in [0.25, 0.3) is 0 Å². The Morgan fingerprint density at radius 3 is 2.29 bits per heavy atom. The lowest BCUT2D eigenvalue weighted by Gasteiger charge is -2.16. The Hall–Kier alpha value is -1.26. The molecule has 3 nitrogen and oxygen atoms in total. The van der Waals surface area contributed by atoms with E-state index in [-0.39, 0.29) is 0 Å². The molecular formula is C16H17BrClNO2. The number of hydrogen-bond acceptors (Lipinski definition) is 3. The van der Waals surface area contributed by atoms with Crippen molar-refractivity contribution in [3.05, 3.63) is 44.5 Å². The summed E-state index contributed by atoms with van der Waals surface area (Å²) < 4.78 is 12.5. The molecule has 21 heavy (non-hydrogen) atoms. The lowest BCUT2D eigenvalue weighted by atomic mass is 10.1. The molecule has 0 bridgehead atoms. The summed E-state index contributed by atoms with van der Waals surface area (Å²) in [5.41, 5.74) is 2.77. The summed E-state index contributed by atoms with van der Waals surface area (Å²) in [6, 6.07) is 5.64. The van der Waals surface area contributed by atoms with E-state index in [1.54, 1.807) is 0 Å². The maximum absolute atomic E-state index is 6.05. The largest absolute Gasteiger partial charge is 0.487 e. The normalized spacial score (nSPS) is 10.6. The molecule has 1 aromatic carbocycles. The highest BCUT2D eigenvalue weighted by molar-refractivity contribution is 9.10. The number of aryl methyl sites for hydroxylation is 3. The minimum atomic E-state index is 0.456. The van der Waals surface area contributed by atoms with Gasteiger partial charge in [0.25, 0.3) is 5.88 Å². The van der Waals surface area contributed by atoms with Crippen LogP contribution in [-0.4, -0.2) is 11.6 Å². The number of nitrogens with zero attached hydrogens (tertiary/aromatic N) is 1. The average Bonchev–Trinajstić information content (AvgIpc) is 2.37. The zero-order chi connectivity index (χ0) is 15.6. The van der Waals surface area contributed by atoms with Gasteiger partial charge in [0.15, 0.2) is 5.75 Å². The van der Waals surface area contributed by atoms with Gasteiger partial charge in [0, 0.05) is 10.7 Å². The predicted octanol–water partition coefficient (Wildman–Crippen LogP) is 5.61. The lowest BCUT2D eigenvalue weighted by molar-refractivity contribution is 0.313. The number of ether oxygens (including phenoxy) is 2. The van der Waals surface area contributed by atoms with Crippen molar-refractivity contribution in [2.45, 2.75) is 27.7 Å². The van der Waals surface area contributed by atoms with E-state index in [0.717, 1.165) is 27.0 Å². The molecule has 2 rings (SSSR count). The second-order valence-corrected chi connectivity index (χ2v) is 6.07. The fraction of sp³-hybridized carbons (Fsp3) is 0.312. The molecule has 0 saturated heterocycles. The van der Waals surface area contributed by atoms with Crippen molar-refractivity contribution in [1.29, 1.82) is 0 Å². The van der Waals surface area contributed by atoms with Gasteiger partial charge in [-0.3, -0.25) is 0 Å². The number of rotatable bonds is 4. The van der Waals surface area contributed by atoms with Crippen LogP contribution in [0.1, 0.15) is 23.7 Å². The van der Waals surface area contributed by atoms with Crippen molar-refractivity contribution in [2.24, 2.45) is 0 Å². The van der Waals surface area contributed by atoms with Crippen molar-refractivity contribution in [1.82, 2.24) is 4.98 Å². The molecule has 1 heterocycles. The van der Waals surface area contributed by atoms with Gasteiger partial charge in [0.2, 0.25) is 0 Å². The highest BCUT2D eigenvalue weighted by Crippen LogP contribution is 2.39. The molecule has 0 saturated carbocycles. The number of halogens is 2. The quantitative estimate of drug-likeness (QED) is 0.700. The summed E-state index contributed by atoms with van der Waals surface area (Å²) in [5.74, 6) is 1.82. The van der Waals surface area contributed by atoms with Gasteiger partial charge >= 0.3 is 0 Å². The van der Waals surface area contributed by atoms with Crippen LogP contribution >= 0.6 is 27.5 Å². The molecule has 0 fully saturated rings. The molecule has 5 heteroatoms. The first-order valence-corrected chi connectivity index (χ1v) is 7.84. The minimum Gasteiger partial charge on any atom is -0.487 e. The molecule has 2 aromatic rings. The third-order valence-corrected chi connectivity index (χ3v) is 3.74. The Morgan fingerprint density at radius 1 is 1.10 bits per heavy atom. The zero-order valence-electron chi connectivity index (χ0n) is 12.5. The molecule has 0 N–H and O–H groups in total. The summed E-state index contributed by atoms with van der Waals surface area (Å²) in [7, 11) is 0. The van der Waals surface area contributed by atoms with Gasteiger partial charge < -0.3 is 9.47 Å². The molecule has 0 amide bonds. The topological polar surface area (TPSA) is 31.4 Å². The fourth-order valence-corrected chi connectivity index (χ4v) is 3.04. The van der Waals surface area contributed by atoms with E-state index >= 15 is 0 Å². The number of hydrogen-bond donors (Lipinski definition) is 0. The summed E-state index contributed by atoms with van der Waals surface area (Å²) >= 11 is 9.55. The van der Waals surface area contributed by atoms with E-state index in [1.807, 2.05) is 45.9 Å². The van der Waals surface area contributed by atoms with Crippen molar-refractivity contribution < 1.29 is 9.47 Å². The summed E-state index contributed by atoms with van der Waals surface area (Å²) in [5, 5.41) is 0.695. The van der Waals surface area contributed by atoms with Crippen LogP contribution in [0.4, 0.5) is 0 Å². The van der Waals surface area contributed by atoms with Gasteiger partial charge in [-0.25, -0.2) is 4.98 Å². The minimum absolute atomic E-state index is 0.456. The number of aromatic nitrogens is 1. The smallest absolute Gasteiger partial charge is 0.263 e. The molecule has 0 spiro atoms. The molecule has 0 aliphatic rings. The maximum Gasteiger partial charge on any atom is 0.263 e. The zero-order valence-corrected chi connectivity index (χ0v) is 14.8. The average molecular weight is 371 g/mol. The summed E-state index contributed by atoms with van der Waals surface area (Å²) in [6.45, 7) is 8.29. The van der Waals surface area contributed by atoms with Gasteiger partial charge in [-0.15, -0.1) is 0 Å². The summed E-state index contributed by atoms with van der Waals surface area (Å²) in [6.07, 6.45) is 0. The van der Waals surface area contributed by atoms with Crippen LogP contribution in [0.5, 0.6) is 17.4 Å². The Bertz CT molecular complexity index is 651. The first-order chi connectivity index (χ1) is 9.92. The van der Waals surface area contributed by atoms with Gasteiger partial charge in [0.05, 0.1) is 11.1 Å². The van der Waals surface area contributed by atoms with E-state index < -0.39 is 0 Å². The second-order valence-electron chi connectivity index (χ2n) is 4.78. The Kier molecular flexibility index (Phi) is 5.12. The molecule has 0 aliphatic heterocycles. The van der Waals surface area contributed by atoms with E-state index in [2.05, 4.69) is 20.9 Å². The second kappa shape index (κ2) is 6.67. The standard InChI is InChI=1S/C16H17BrClNO2/c1-5-20-15-13(17)8-11(4)19-16(15)21-14-9(2)6-12(18)7-10(14)3/h6-8H,5H2,1-4H3. The molecule has 0 radical (unpaired) electrons. The first-order valence-electron chi connectivity index (χ1n) is 6.67. The molecule has 0 aliphatic carbocycles. The molecule has 1 aromatic heterocycles. The SMILES string of the molecule is CCOc1c(Br)cc(C)nc1Oc1c(C)cc(Cl)cc1C. The van der Waals surface area contributed by atoms with Crippen molar-refractivity contribution in [3.63, 3.8) is 0 Å². The lowest BCUT2D eigenvalue weighted by Crippen LogP contribution is -2.01. The van der Waals surface area contributed by atoms with Crippen molar-refractivity contribution >= 4 is 27.5 Å². The number of benzene rings is 1. The van der Waals surface area contributed by atoms with Crippen LogP contribution in [-0.2, 0) is 0 Å². The molecular weight excluding hydrogens is 354 g/mol. The highest BCUT2D eigenvalue weighted by atomic mass is 79.9. The Morgan fingerprint density at radius 2 is 1.71 bits per heavy atom. The highest BCUT2D eigenvalue weighted by Gasteiger charge is 2.16. The monoisotopic (exact) mass is 369 g/mol. The predicted molar refractivity (Wildman–Crippen MR) is 88.8 cm³/mol. The number of pyridine rings is 1. The van der Waals surface area contributed by atoms with E-state index in [0.29, 0.717) is 23.3 Å². The van der Waals surface area contributed by atoms with Crippen LogP contribution in [0.3, 0.4) is 0 Å². The molecule has 112 valence electrons. The molecule has 0 unspecified atom stereocenters. The van der Waals surface area contributed by atoms with Crippen LogP contribution < -0.4 is 9.47 Å². The van der Waals surface area contributed by atoms with Gasteiger partial charge in [-0.2, -0.15) is 0 Å². The van der Waals surface area contributed by atoms with E-state index in [4.69, 9.17) is 21.1 Å². The van der Waals surface area contributed by atoms with Gasteiger partial charge in [0.1, 0.15) is 5.75 Å². The Labute approximate surface area is 138 Å². The first kappa shape index (κ1) is 16.1. The fourth-order valence-electron chi connectivity index (χ4n) is 2.09. The van der Waals surface area contributed by atoms with Crippen LogP contribution in [0, 0.1) is 20.8 Å². The molecule has 0 atom stereocenters. The third kappa shape index (κ3) is 3.69. The van der Waals surface area contributed by atoms with E-state index in [1.165, 1.54) is 0 Å². The van der Waals surface area contributed by atoms with Gasteiger partial charge in [-0.1, -0.05) is 11.6 Å². The van der Waals surface area contributed by atoms with Gasteiger partial charge in [-0.05, 0) is 73.0 Å². The Balaban J connectivity index is 2.49. The van der Waals surface area contributed by atoms with E-state index in [9.17, 15) is 0 Å². The van der Waals surface area contributed by atoms with Crippen molar-refractivity contribution in [2.75, 3.05) is 6.61 Å². The van der Waals surface area contributed by atoms with Crippen LogP contribution in [0.15, 0.2) is 22.7 Å². The van der Waals surface area contributed by atoms with Crippen LogP contribution in [0.2, 0.25) is 5.02 Å². The third-order valence-electron chi connectivity index (χ3n) is 2.94. The maximum atomic E-state index is 6.05. The van der Waals surface area contributed by atoms with Crippen molar-refractivity contribution in [3.8, 4) is 17.4 Å².